The molecule has 0 heterocycles. The molecule has 0 aliphatic heterocycles. The van der Waals surface area contributed by atoms with E-state index in [2.05, 4.69) is 0 Å². The van der Waals surface area contributed by atoms with Crippen molar-refractivity contribution >= 4 is 5.78 Å². The molecule has 0 bridgehead atoms. The number of ketones is 1. The van der Waals surface area contributed by atoms with E-state index < -0.39 is 0 Å². The Morgan fingerprint density at radius 3 is 1.75 bits per heavy atom. The average molecular weight is 112 g/mol. The number of carbonyl (C=O) groups excluding carboxylic acids is 1. The Kier molecular flexibility index (Phi) is 3.44. The molecule has 0 atom stereocenters. The number of carbonyl (C=O) groups is 1. The number of rotatable bonds is 0. The van der Waals surface area contributed by atoms with Crippen LogP contribution in [0.4, 0.5) is 0 Å². The summed E-state index contributed by atoms with van der Waals surface area (Å²) in [4.78, 5) is 10.5. The fraction of sp³-hybridized carbons (Fsp3) is 0.833. The van der Waals surface area contributed by atoms with Gasteiger partial charge in [-0.25, -0.2) is 0 Å². The molecular formula is C6H10NO. The zero-order valence-electron chi connectivity index (χ0n) is 4.89. The van der Waals surface area contributed by atoms with Crippen LogP contribution < -0.4 is 6.15 Å². The monoisotopic (exact) mass is 112 g/mol. The summed E-state index contributed by atoms with van der Waals surface area (Å²) in [5, 5.41) is 0. The van der Waals surface area contributed by atoms with Crippen LogP contribution in [0.15, 0.2) is 0 Å². The van der Waals surface area contributed by atoms with Crippen LogP contribution in [0.5, 0.6) is 0 Å². The van der Waals surface area contributed by atoms with Crippen molar-refractivity contribution in [2.75, 3.05) is 0 Å². The van der Waals surface area contributed by atoms with Gasteiger partial charge in [-0.3, -0.25) is 4.79 Å². The van der Waals surface area contributed by atoms with Crippen molar-refractivity contribution in [2.24, 2.45) is 0 Å². The molecule has 1 saturated carbocycles. The van der Waals surface area contributed by atoms with Crippen molar-refractivity contribution in [1.82, 2.24) is 6.15 Å². The highest BCUT2D eigenvalue weighted by atomic mass is 16.1. The zero-order chi connectivity index (χ0) is 5.11. The Morgan fingerprint density at radius 1 is 1.00 bits per heavy atom. The molecule has 45 valence electrons. The maximum atomic E-state index is 10.5. The van der Waals surface area contributed by atoms with Gasteiger partial charge < -0.3 is 0 Å². The van der Waals surface area contributed by atoms with E-state index in [1.54, 1.807) is 0 Å². The van der Waals surface area contributed by atoms with Crippen LogP contribution in [0.2, 0.25) is 0 Å². The summed E-state index contributed by atoms with van der Waals surface area (Å²) in [6, 6.07) is 0. The third-order valence-electron chi connectivity index (χ3n) is 1.41. The summed E-state index contributed by atoms with van der Waals surface area (Å²) >= 11 is 0. The highest BCUT2D eigenvalue weighted by Gasteiger charge is 2.05. The van der Waals surface area contributed by atoms with E-state index in [1.165, 1.54) is 6.42 Å². The van der Waals surface area contributed by atoms with Gasteiger partial charge in [0.25, 0.3) is 0 Å². The number of hydrogen-bond donors (Lipinski definition) is 0. The minimum absolute atomic E-state index is 0. The molecule has 3 radical (unpaired) electrons. The first kappa shape index (κ1) is 7.63. The van der Waals surface area contributed by atoms with Gasteiger partial charge in [-0.15, -0.1) is 0 Å². The van der Waals surface area contributed by atoms with Gasteiger partial charge in [0.1, 0.15) is 5.78 Å². The Hall–Kier alpha value is -0.370. The van der Waals surface area contributed by atoms with Crippen LogP contribution in [0, 0.1) is 0 Å². The van der Waals surface area contributed by atoms with Crippen molar-refractivity contribution in [1.29, 1.82) is 0 Å². The van der Waals surface area contributed by atoms with E-state index >= 15 is 0 Å². The second-order valence-corrected chi connectivity index (χ2v) is 2.10. The van der Waals surface area contributed by atoms with Crippen LogP contribution in [0.3, 0.4) is 0 Å². The molecular weight excluding hydrogens is 102 g/mol. The average Bonchev–Trinajstić information content (AvgIpc) is 1.69. The first-order chi connectivity index (χ1) is 3.39. The Labute approximate surface area is 49.9 Å². The summed E-state index contributed by atoms with van der Waals surface area (Å²) < 4.78 is 0. The van der Waals surface area contributed by atoms with E-state index in [4.69, 9.17) is 0 Å². The quantitative estimate of drug-likeness (QED) is 0.461. The standard InChI is InChI=1S/C6H10O.N/c7-6-4-2-1-3-5-6;/h1-5H2;. The van der Waals surface area contributed by atoms with Crippen LogP contribution in [0.1, 0.15) is 32.1 Å². The molecule has 0 unspecified atom stereocenters. The zero-order valence-corrected chi connectivity index (χ0v) is 4.89. The molecule has 2 nitrogen and oxygen atoms in total. The third kappa shape index (κ3) is 2.07. The molecule has 1 fully saturated rings. The molecule has 1 rings (SSSR count). The molecule has 0 amide bonds. The molecule has 1 aliphatic rings. The lowest BCUT2D eigenvalue weighted by Gasteiger charge is -2.05. The van der Waals surface area contributed by atoms with Crippen LogP contribution in [0.25, 0.3) is 0 Å². The van der Waals surface area contributed by atoms with Crippen molar-refractivity contribution in [3.8, 4) is 0 Å². The molecule has 1 aliphatic carbocycles. The Bertz CT molecular complexity index is 72.6. The second-order valence-electron chi connectivity index (χ2n) is 2.10. The molecule has 0 aromatic carbocycles. The topological polar surface area (TPSA) is 47.6 Å². The lowest BCUT2D eigenvalue weighted by molar-refractivity contribution is -0.120. The Balaban J connectivity index is 0.000000490. The van der Waals surface area contributed by atoms with Crippen LogP contribution in [-0.2, 0) is 4.79 Å². The molecule has 0 spiro atoms. The highest BCUT2D eigenvalue weighted by Crippen LogP contribution is 2.12. The highest BCUT2D eigenvalue weighted by molar-refractivity contribution is 5.78. The second kappa shape index (κ2) is 3.61. The van der Waals surface area contributed by atoms with Crippen molar-refractivity contribution < 1.29 is 4.79 Å². The van der Waals surface area contributed by atoms with Crippen LogP contribution >= 0.6 is 0 Å². The maximum Gasteiger partial charge on any atom is 0.132 e. The summed E-state index contributed by atoms with van der Waals surface area (Å²) in [6.07, 6.45) is 5.24. The van der Waals surface area contributed by atoms with Gasteiger partial charge in [0, 0.05) is 19.0 Å². The van der Waals surface area contributed by atoms with Crippen LogP contribution in [-0.4, -0.2) is 5.78 Å². The van der Waals surface area contributed by atoms with Gasteiger partial charge in [-0.2, -0.15) is 0 Å². The minimum atomic E-state index is 0. The molecule has 0 aromatic heterocycles. The van der Waals surface area contributed by atoms with Gasteiger partial charge in [0.15, 0.2) is 0 Å². The van der Waals surface area contributed by atoms with Crippen molar-refractivity contribution in [2.45, 2.75) is 32.1 Å². The van der Waals surface area contributed by atoms with Gasteiger partial charge in [0.05, 0.1) is 0 Å². The summed E-state index contributed by atoms with van der Waals surface area (Å²) in [7, 11) is 0. The smallest absolute Gasteiger partial charge is 0.132 e. The predicted molar refractivity (Wildman–Crippen MR) is 30.2 cm³/mol. The predicted octanol–water partition coefficient (Wildman–Crippen LogP) is 1.04. The molecule has 0 aromatic rings. The van der Waals surface area contributed by atoms with Crippen molar-refractivity contribution in [3.63, 3.8) is 0 Å². The van der Waals surface area contributed by atoms with Gasteiger partial charge in [-0.05, 0) is 12.8 Å². The summed E-state index contributed by atoms with van der Waals surface area (Å²) in [5.41, 5.74) is 0. The van der Waals surface area contributed by atoms with Crippen molar-refractivity contribution in [3.05, 3.63) is 0 Å². The minimum Gasteiger partial charge on any atom is -0.300 e. The maximum absolute atomic E-state index is 10.5. The van der Waals surface area contributed by atoms with E-state index in [9.17, 15) is 4.79 Å². The molecule has 8 heavy (non-hydrogen) atoms. The van der Waals surface area contributed by atoms with E-state index in [0.717, 1.165) is 25.7 Å². The fourth-order valence-corrected chi connectivity index (χ4v) is 0.946. The summed E-state index contributed by atoms with van der Waals surface area (Å²) in [5.74, 6) is 0.464. The first-order valence-corrected chi connectivity index (χ1v) is 2.91. The molecule has 0 N–H and O–H groups in total. The van der Waals surface area contributed by atoms with E-state index in [-0.39, 0.29) is 6.15 Å². The van der Waals surface area contributed by atoms with Gasteiger partial charge in [0.2, 0.25) is 0 Å². The first-order valence-electron chi connectivity index (χ1n) is 2.91. The largest absolute Gasteiger partial charge is 0.300 e. The van der Waals surface area contributed by atoms with Gasteiger partial charge in [-0.1, -0.05) is 6.42 Å². The molecule has 0 saturated heterocycles. The number of hydrogen-bond acceptors (Lipinski definition) is 1. The number of Topliss-reactive ketones (excluding diaryl/α,β-unsaturated/α-hetero) is 1. The number of nitrogens with zero attached hydrogens (tertiary/aromatic N) is 1. The fourth-order valence-electron chi connectivity index (χ4n) is 0.946. The summed E-state index contributed by atoms with van der Waals surface area (Å²) in [6.45, 7) is 0. The van der Waals surface area contributed by atoms with E-state index in [0.29, 0.717) is 5.78 Å². The lowest BCUT2D eigenvalue weighted by Crippen LogP contribution is -2.02. The SMILES string of the molecule is O=C1CCCCC1.[N]. The van der Waals surface area contributed by atoms with E-state index in [1.807, 2.05) is 0 Å². The normalized spacial score (nSPS) is 19.8. The lowest BCUT2D eigenvalue weighted by atomic mass is 10.00. The Morgan fingerprint density at radius 2 is 1.50 bits per heavy atom. The molecule has 2 heteroatoms. The van der Waals surface area contributed by atoms with Gasteiger partial charge >= 0.3 is 0 Å². The third-order valence-corrected chi connectivity index (χ3v) is 1.41.